The van der Waals surface area contributed by atoms with Gasteiger partial charge in [0.1, 0.15) is 5.82 Å². The molecule has 1 aromatic carbocycles. The highest BCUT2D eigenvalue weighted by molar-refractivity contribution is 9.10. The first-order chi connectivity index (χ1) is 12.1. The van der Waals surface area contributed by atoms with Gasteiger partial charge in [0.2, 0.25) is 5.91 Å². The quantitative estimate of drug-likeness (QED) is 0.723. The predicted octanol–water partition coefficient (Wildman–Crippen LogP) is 2.70. The van der Waals surface area contributed by atoms with E-state index < -0.39 is 0 Å². The van der Waals surface area contributed by atoms with E-state index in [9.17, 15) is 4.79 Å². The summed E-state index contributed by atoms with van der Waals surface area (Å²) in [6.07, 6.45) is 0.576. The van der Waals surface area contributed by atoms with Crippen molar-refractivity contribution in [2.45, 2.75) is 24.8 Å². The standard InChI is InChI=1S/C17H22BrN5OS/c1-13-19-16(21-20-13)12-22-7-9-23(10-8-22)17(24)6-11-25-15-5-3-2-4-14(15)18/h2-5H,6-12H2,1H3,(H,19,20,21). The van der Waals surface area contributed by atoms with E-state index in [1.807, 2.05) is 30.0 Å². The SMILES string of the molecule is Cc1nc(CN2CCN(C(=O)CCSc3ccccc3Br)CC2)n[nH]1. The summed E-state index contributed by atoms with van der Waals surface area (Å²) in [6, 6.07) is 8.12. The molecule has 0 saturated carbocycles. The van der Waals surface area contributed by atoms with Crippen molar-refractivity contribution in [2.24, 2.45) is 0 Å². The highest BCUT2D eigenvalue weighted by Crippen LogP contribution is 2.27. The number of H-pyrrole nitrogens is 1. The van der Waals surface area contributed by atoms with Crippen LogP contribution in [0.5, 0.6) is 0 Å². The Morgan fingerprint density at radius 1 is 1.28 bits per heavy atom. The van der Waals surface area contributed by atoms with Crippen molar-refractivity contribution in [3.05, 3.63) is 40.4 Å². The lowest BCUT2D eigenvalue weighted by Gasteiger charge is -2.34. The second kappa shape index (κ2) is 8.82. The van der Waals surface area contributed by atoms with Crippen LogP contribution in [0.15, 0.2) is 33.6 Å². The maximum atomic E-state index is 12.4. The van der Waals surface area contributed by atoms with Crippen LogP contribution in [0.1, 0.15) is 18.1 Å². The largest absolute Gasteiger partial charge is 0.340 e. The van der Waals surface area contributed by atoms with Gasteiger partial charge in [0.15, 0.2) is 5.82 Å². The number of rotatable bonds is 6. The fraction of sp³-hybridized carbons (Fsp3) is 0.471. The topological polar surface area (TPSA) is 65.1 Å². The third kappa shape index (κ3) is 5.29. The molecule has 0 aliphatic carbocycles. The van der Waals surface area contributed by atoms with Crippen LogP contribution in [0.2, 0.25) is 0 Å². The van der Waals surface area contributed by atoms with Crippen molar-refractivity contribution in [3.63, 3.8) is 0 Å². The van der Waals surface area contributed by atoms with Crippen molar-refractivity contribution < 1.29 is 4.79 Å². The Hall–Kier alpha value is -1.38. The number of halogens is 1. The number of hydrogen-bond acceptors (Lipinski definition) is 5. The first-order valence-corrected chi connectivity index (χ1v) is 10.1. The zero-order chi connectivity index (χ0) is 17.6. The summed E-state index contributed by atoms with van der Waals surface area (Å²) in [5, 5.41) is 7.04. The Morgan fingerprint density at radius 2 is 2.04 bits per heavy atom. The number of amides is 1. The van der Waals surface area contributed by atoms with Gasteiger partial charge >= 0.3 is 0 Å². The molecule has 1 aliphatic rings. The summed E-state index contributed by atoms with van der Waals surface area (Å²) in [6.45, 7) is 5.95. The van der Waals surface area contributed by atoms with Gasteiger partial charge in [-0.05, 0) is 35.0 Å². The molecule has 6 nitrogen and oxygen atoms in total. The number of hydrogen-bond donors (Lipinski definition) is 1. The summed E-state index contributed by atoms with van der Waals surface area (Å²) >= 11 is 5.26. The van der Waals surface area contributed by atoms with Crippen LogP contribution in [0.3, 0.4) is 0 Å². The molecule has 0 atom stereocenters. The maximum absolute atomic E-state index is 12.4. The monoisotopic (exact) mass is 423 g/mol. The third-order valence-corrected chi connectivity index (χ3v) is 6.17. The van der Waals surface area contributed by atoms with Gasteiger partial charge in [-0.15, -0.1) is 11.8 Å². The second-order valence-electron chi connectivity index (χ2n) is 6.02. The molecule has 3 rings (SSSR count). The molecule has 1 amide bonds. The number of aromatic nitrogens is 3. The van der Waals surface area contributed by atoms with Gasteiger partial charge in [0, 0.05) is 47.7 Å². The molecule has 0 spiro atoms. The average Bonchev–Trinajstić information content (AvgIpc) is 3.02. The van der Waals surface area contributed by atoms with E-state index in [2.05, 4.69) is 42.1 Å². The molecule has 2 heterocycles. The lowest BCUT2D eigenvalue weighted by Crippen LogP contribution is -2.48. The molecule has 25 heavy (non-hydrogen) atoms. The number of nitrogens with one attached hydrogen (secondary N) is 1. The van der Waals surface area contributed by atoms with Gasteiger partial charge < -0.3 is 4.90 Å². The van der Waals surface area contributed by atoms with Crippen molar-refractivity contribution >= 4 is 33.6 Å². The van der Waals surface area contributed by atoms with E-state index in [1.54, 1.807) is 11.8 Å². The fourth-order valence-electron chi connectivity index (χ4n) is 2.78. The molecule has 0 unspecified atom stereocenters. The molecule has 0 bridgehead atoms. The molecule has 8 heteroatoms. The first-order valence-electron chi connectivity index (χ1n) is 8.37. The maximum Gasteiger partial charge on any atom is 0.223 e. The van der Waals surface area contributed by atoms with E-state index >= 15 is 0 Å². The molecule has 2 aromatic rings. The summed E-state index contributed by atoms with van der Waals surface area (Å²) in [5.74, 6) is 2.71. The molecule has 0 radical (unpaired) electrons. The number of thioether (sulfide) groups is 1. The Morgan fingerprint density at radius 3 is 2.72 bits per heavy atom. The summed E-state index contributed by atoms with van der Waals surface area (Å²) in [4.78, 5) is 22.2. The van der Waals surface area contributed by atoms with Crippen molar-refractivity contribution in [1.29, 1.82) is 0 Å². The van der Waals surface area contributed by atoms with Crippen LogP contribution >= 0.6 is 27.7 Å². The smallest absolute Gasteiger partial charge is 0.223 e. The lowest BCUT2D eigenvalue weighted by molar-refractivity contribution is -0.132. The number of carbonyl (C=O) groups is 1. The van der Waals surface area contributed by atoms with Crippen molar-refractivity contribution in [3.8, 4) is 0 Å². The van der Waals surface area contributed by atoms with Gasteiger partial charge in [0.25, 0.3) is 0 Å². The molecule has 1 N–H and O–H groups in total. The van der Waals surface area contributed by atoms with Crippen LogP contribution in [-0.4, -0.2) is 62.8 Å². The number of aryl methyl sites for hydroxylation is 1. The second-order valence-corrected chi connectivity index (χ2v) is 8.01. The number of nitrogens with zero attached hydrogens (tertiary/aromatic N) is 4. The number of carbonyl (C=O) groups excluding carboxylic acids is 1. The van der Waals surface area contributed by atoms with E-state index in [0.717, 1.165) is 54.6 Å². The Labute approximate surface area is 160 Å². The summed E-state index contributed by atoms with van der Waals surface area (Å²) in [7, 11) is 0. The third-order valence-electron chi connectivity index (χ3n) is 4.14. The molecular formula is C17H22BrN5OS. The van der Waals surface area contributed by atoms with Crippen LogP contribution in [0.4, 0.5) is 0 Å². The highest BCUT2D eigenvalue weighted by atomic mass is 79.9. The van der Waals surface area contributed by atoms with Crippen LogP contribution in [-0.2, 0) is 11.3 Å². The zero-order valence-corrected chi connectivity index (χ0v) is 16.6. The minimum absolute atomic E-state index is 0.243. The van der Waals surface area contributed by atoms with Gasteiger partial charge in [0.05, 0.1) is 6.54 Å². The van der Waals surface area contributed by atoms with E-state index in [0.29, 0.717) is 6.42 Å². The van der Waals surface area contributed by atoms with Gasteiger partial charge in [-0.1, -0.05) is 12.1 Å². The van der Waals surface area contributed by atoms with E-state index in [1.165, 1.54) is 4.90 Å². The number of aromatic amines is 1. The zero-order valence-electron chi connectivity index (χ0n) is 14.2. The minimum Gasteiger partial charge on any atom is -0.340 e. The number of piperazine rings is 1. The molecule has 1 fully saturated rings. The van der Waals surface area contributed by atoms with Crippen molar-refractivity contribution in [1.82, 2.24) is 25.0 Å². The van der Waals surface area contributed by atoms with Crippen LogP contribution < -0.4 is 0 Å². The Bertz CT molecular complexity index is 715. The lowest BCUT2D eigenvalue weighted by atomic mass is 10.3. The van der Waals surface area contributed by atoms with Gasteiger partial charge in [-0.25, -0.2) is 4.98 Å². The number of benzene rings is 1. The van der Waals surface area contributed by atoms with E-state index in [-0.39, 0.29) is 5.91 Å². The van der Waals surface area contributed by atoms with Crippen LogP contribution in [0.25, 0.3) is 0 Å². The summed E-state index contributed by atoms with van der Waals surface area (Å²) < 4.78 is 1.09. The van der Waals surface area contributed by atoms with E-state index in [4.69, 9.17) is 0 Å². The highest BCUT2D eigenvalue weighted by Gasteiger charge is 2.21. The Balaban J connectivity index is 1.38. The minimum atomic E-state index is 0.243. The molecule has 1 aliphatic heterocycles. The first kappa shape index (κ1) is 18.4. The Kier molecular flexibility index (Phi) is 6.50. The molecule has 1 aromatic heterocycles. The van der Waals surface area contributed by atoms with Gasteiger partial charge in [-0.3, -0.25) is 14.8 Å². The van der Waals surface area contributed by atoms with Crippen molar-refractivity contribution in [2.75, 3.05) is 31.9 Å². The molecular weight excluding hydrogens is 402 g/mol. The van der Waals surface area contributed by atoms with Crippen LogP contribution in [0, 0.1) is 6.92 Å². The average molecular weight is 424 g/mol. The molecule has 134 valence electrons. The van der Waals surface area contributed by atoms with Gasteiger partial charge in [-0.2, -0.15) is 5.10 Å². The fourth-order valence-corrected chi connectivity index (χ4v) is 4.29. The normalized spacial score (nSPS) is 15.5. The predicted molar refractivity (Wildman–Crippen MR) is 102 cm³/mol. The summed E-state index contributed by atoms with van der Waals surface area (Å²) in [5.41, 5.74) is 0. The molecule has 1 saturated heterocycles.